The Morgan fingerprint density at radius 1 is 1.17 bits per heavy atom. The molecule has 0 aliphatic carbocycles. The summed E-state index contributed by atoms with van der Waals surface area (Å²) >= 11 is 0. The van der Waals surface area contributed by atoms with Crippen LogP contribution in [0.3, 0.4) is 0 Å². The van der Waals surface area contributed by atoms with Crippen molar-refractivity contribution in [1.82, 2.24) is 5.32 Å². The second-order valence-electron chi connectivity index (χ2n) is 5.34. The summed E-state index contributed by atoms with van der Waals surface area (Å²) in [5.74, 6) is -2.26. The molecule has 1 unspecified atom stereocenters. The van der Waals surface area contributed by atoms with Crippen molar-refractivity contribution in [2.24, 2.45) is 0 Å². The van der Waals surface area contributed by atoms with Gasteiger partial charge in [0, 0.05) is 20.1 Å². The molecule has 1 heterocycles. The number of hydrogen-bond acceptors (Lipinski definition) is 7. The zero-order chi connectivity index (χ0) is 17.3. The Hall–Kier alpha value is -1.67. The monoisotopic (exact) mass is 331 g/mol. The van der Waals surface area contributed by atoms with Gasteiger partial charge >= 0.3 is 11.9 Å². The topological polar surface area (TPSA) is 100 Å². The molecule has 0 spiro atoms. The van der Waals surface area contributed by atoms with E-state index in [1.165, 1.54) is 6.92 Å². The maximum atomic E-state index is 12.1. The van der Waals surface area contributed by atoms with Gasteiger partial charge in [0.1, 0.15) is 0 Å². The van der Waals surface area contributed by atoms with Crippen molar-refractivity contribution in [2.75, 3.05) is 27.4 Å². The molecule has 1 aliphatic rings. The van der Waals surface area contributed by atoms with Crippen LogP contribution >= 0.6 is 0 Å². The van der Waals surface area contributed by atoms with E-state index in [4.69, 9.17) is 9.47 Å². The van der Waals surface area contributed by atoms with E-state index in [1.54, 1.807) is 0 Å². The summed E-state index contributed by atoms with van der Waals surface area (Å²) in [5, 5.41) is 2.36. The van der Waals surface area contributed by atoms with Gasteiger partial charge in [0.15, 0.2) is 6.29 Å². The molecular weight excluding hydrogens is 306 g/mol. The zero-order valence-electron chi connectivity index (χ0n) is 13.9. The van der Waals surface area contributed by atoms with E-state index in [2.05, 4.69) is 14.8 Å². The maximum Gasteiger partial charge on any atom is 0.343 e. The number of rotatable bonds is 8. The predicted molar refractivity (Wildman–Crippen MR) is 79.4 cm³/mol. The zero-order valence-corrected chi connectivity index (χ0v) is 13.9. The third-order valence-corrected chi connectivity index (χ3v) is 3.59. The highest BCUT2D eigenvalue weighted by molar-refractivity contribution is 6.07. The number of carbonyl (C=O) groups is 3. The molecule has 1 fully saturated rings. The van der Waals surface area contributed by atoms with Crippen molar-refractivity contribution in [3.63, 3.8) is 0 Å². The Morgan fingerprint density at radius 2 is 1.83 bits per heavy atom. The molecular formula is C15H25NO7. The molecule has 1 aliphatic heterocycles. The molecule has 0 aromatic carbocycles. The molecule has 132 valence electrons. The fourth-order valence-corrected chi connectivity index (χ4v) is 2.50. The van der Waals surface area contributed by atoms with Crippen molar-refractivity contribution in [3.8, 4) is 0 Å². The summed E-state index contributed by atoms with van der Waals surface area (Å²) in [6, 6.07) is 0. The Morgan fingerprint density at radius 3 is 2.30 bits per heavy atom. The van der Waals surface area contributed by atoms with E-state index in [-0.39, 0.29) is 12.7 Å². The molecule has 1 N–H and O–H groups in total. The molecule has 1 saturated heterocycles. The summed E-state index contributed by atoms with van der Waals surface area (Å²) in [6.07, 6.45) is 3.00. The summed E-state index contributed by atoms with van der Waals surface area (Å²) in [4.78, 5) is 35.5. The maximum absolute atomic E-state index is 12.1. The first kappa shape index (κ1) is 19.4. The number of carbonyl (C=O) groups excluding carboxylic acids is 3. The average Bonchev–Trinajstić information content (AvgIpc) is 2.56. The molecule has 8 heteroatoms. The fourth-order valence-electron chi connectivity index (χ4n) is 2.50. The number of hydrogen-bond donors (Lipinski definition) is 1. The molecule has 0 aromatic heterocycles. The lowest BCUT2D eigenvalue weighted by molar-refractivity contribution is -0.169. The van der Waals surface area contributed by atoms with Crippen LogP contribution in [0.2, 0.25) is 0 Å². The highest BCUT2D eigenvalue weighted by atomic mass is 16.7. The third kappa shape index (κ3) is 5.47. The van der Waals surface area contributed by atoms with E-state index < -0.39 is 23.4 Å². The van der Waals surface area contributed by atoms with Gasteiger partial charge in [0.25, 0.3) is 0 Å². The van der Waals surface area contributed by atoms with Gasteiger partial charge in [0.2, 0.25) is 11.4 Å². The van der Waals surface area contributed by atoms with Gasteiger partial charge in [0.05, 0.1) is 14.2 Å². The van der Waals surface area contributed by atoms with Gasteiger partial charge in [-0.1, -0.05) is 0 Å². The van der Waals surface area contributed by atoms with Crippen LogP contribution in [0, 0.1) is 0 Å². The Kier molecular flexibility index (Phi) is 7.97. The Bertz CT molecular complexity index is 402. The highest BCUT2D eigenvalue weighted by Gasteiger charge is 2.49. The molecule has 0 bridgehead atoms. The normalized spacial score (nSPS) is 18.1. The lowest BCUT2D eigenvalue weighted by Crippen LogP contribution is -2.60. The van der Waals surface area contributed by atoms with Crippen molar-refractivity contribution in [1.29, 1.82) is 0 Å². The van der Waals surface area contributed by atoms with Crippen LogP contribution in [-0.2, 0) is 33.3 Å². The number of ether oxygens (including phenoxy) is 4. The molecule has 8 nitrogen and oxygen atoms in total. The van der Waals surface area contributed by atoms with Crippen LogP contribution in [0.1, 0.15) is 39.0 Å². The summed E-state index contributed by atoms with van der Waals surface area (Å²) in [5.41, 5.74) is -1.86. The number of methoxy groups -OCH3 is 2. The first-order valence-corrected chi connectivity index (χ1v) is 7.65. The first-order valence-electron chi connectivity index (χ1n) is 7.65. The SMILES string of the molecule is COC(=O)C(CCCOC1CCCCO1)(NC(C)=O)C(=O)OC. The van der Waals surface area contributed by atoms with E-state index in [1.807, 2.05) is 0 Å². The predicted octanol–water partition coefficient (Wildman–Crippen LogP) is 0.531. The quantitative estimate of drug-likeness (QED) is 0.393. The lowest BCUT2D eigenvalue weighted by atomic mass is 9.93. The largest absolute Gasteiger partial charge is 0.467 e. The number of nitrogens with one attached hydrogen (secondary N) is 1. The van der Waals surface area contributed by atoms with E-state index in [9.17, 15) is 14.4 Å². The van der Waals surface area contributed by atoms with Crippen molar-refractivity contribution in [3.05, 3.63) is 0 Å². The van der Waals surface area contributed by atoms with Gasteiger partial charge in [-0.2, -0.15) is 0 Å². The van der Waals surface area contributed by atoms with Crippen LogP contribution in [0.5, 0.6) is 0 Å². The average molecular weight is 331 g/mol. The van der Waals surface area contributed by atoms with Crippen molar-refractivity contribution >= 4 is 17.8 Å². The van der Waals surface area contributed by atoms with Crippen LogP contribution in [0.4, 0.5) is 0 Å². The van der Waals surface area contributed by atoms with Crippen molar-refractivity contribution < 1.29 is 33.3 Å². The Balaban J connectivity index is 2.65. The molecule has 23 heavy (non-hydrogen) atoms. The van der Waals surface area contributed by atoms with Crippen molar-refractivity contribution in [2.45, 2.75) is 50.9 Å². The second kappa shape index (κ2) is 9.46. The molecule has 0 aromatic rings. The Labute approximate surface area is 135 Å². The summed E-state index contributed by atoms with van der Waals surface area (Å²) in [7, 11) is 2.29. The third-order valence-electron chi connectivity index (χ3n) is 3.59. The van der Waals surface area contributed by atoms with Gasteiger partial charge in [-0.15, -0.1) is 0 Å². The molecule has 1 rings (SSSR count). The minimum absolute atomic E-state index is 0.0125. The standard InChI is InChI=1S/C15H25NO7/c1-11(17)16-15(13(18)20-2,14(19)21-3)8-6-10-23-12-7-4-5-9-22-12/h12H,4-10H2,1-3H3,(H,16,17). The number of amides is 1. The highest BCUT2D eigenvalue weighted by Crippen LogP contribution is 2.19. The van der Waals surface area contributed by atoms with Crippen LogP contribution < -0.4 is 5.32 Å². The van der Waals surface area contributed by atoms with Gasteiger partial charge in [-0.05, 0) is 32.1 Å². The lowest BCUT2D eigenvalue weighted by Gasteiger charge is -2.29. The molecule has 1 amide bonds. The molecule has 1 atom stereocenters. The van der Waals surface area contributed by atoms with E-state index >= 15 is 0 Å². The first-order chi connectivity index (χ1) is 11.0. The van der Waals surface area contributed by atoms with E-state index in [0.29, 0.717) is 19.6 Å². The minimum atomic E-state index is -1.86. The number of esters is 2. The van der Waals surface area contributed by atoms with Crippen LogP contribution in [-0.4, -0.2) is 57.1 Å². The molecule has 0 saturated carbocycles. The van der Waals surface area contributed by atoms with Crippen LogP contribution in [0.15, 0.2) is 0 Å². The summed E-state index contributed by atoms with van der Waals surface area (Å²) < 4.78 is 20.3. The van der Waals surface area contributed by atoms with Gasteiger partial charge in [-0.3, -0.25) is 4.79 Å². The van der Waals surface area contributed by atoms with E-state index in [0.717, 1.165) is 33.5 Å². The molecule has 0 radical (unpaired) electrons. The van der Waals surface area contributed by atoms with Gasteiger partial charge < -0.3 is 24.3 Å². The van der Waals surface area contributed by atoms with Gasteiger partial charge in [-0.25, -0.2) is 9.59 Å². The fraction of sp³-hybridized carbons (Fsp3) is 0.800. The summed E-state index contributed by atoms with van der Waals surface area (Å²) in [6.45, 7) is 2.18. The minimum Gasteiger partial charge on any atom is -0.467 e. The smallest absolute Gasteiger partial charge is 0.343 e. The van der Waals surface area contributed by atoms with Crippen LogP contribution in [0.25, 0.3) is 0 Å². The second-order valence-corrected chi connectivity index (χ2v) is 5.34.